The molecule has 0 aliphatic carbocycles. The molecular formula is C14H22N2O2S. The van der Waals surface area contributed by atoms with Crippen molar-refractivity contribution in [2.45, 2.75) is 25.9 Å². The maximum absolute atomic E-state index is 12.5. The van der Waals surface area contributed by atoms with E-state index in [9.17, 15) is 4.79 Å². The smallest absolute Gasteiger partial charge is 0.229 e. The Balaban J connectivity index is 1.90. The van der Waals surface area contributed by atoms with Gasteiger partial charge in [0.2, 0.25) is 5.91 Å². The van der Waals surface area contributed by atoms with Crippen LogP contribution in [0.1, 0.15) is 18.2 Å². The van der Waals surface area contributed by atoms with Gasteiger partial charge in [-0.3, -0.25) is 4.79 Å². The van der Waals surface area contributed by atoms with Gasteiger partial charge in [-0.1, -0.05) is 13.0 Å². The summed E-state index contributed by atoms with van der Waals surface area (Å²) in [7, 11) is 1.87. The van der Waals surface area contributed by atoms with E-state index in [0.717, 1.165) is 13.0 Å². The first-order valence-corrected chi connectivity index (χ1v) is 7.68. The monoisotopic (exact) mass is 282 g/mol. The van der Waals surface area contributed by atoms with Crippen molar-refractivity contribution >= 4 is 17.2 Å². The minimum atomic E-state index is -0.0449. The molecular weight excluding hydrogens is 260 g/mol. The second kappa shape index (κ2) is 7.03. The number of carbonyl (C=O) groups is 1. The summed E-state index contributed by atoms with van der Waals surface area (Å²) in [5, 5.41) is 5.45. The Kier molecular flexibility index (Phi) is 5.36. The molecule has 2 unspecified atom stereocenters. The minimum absolute atomic E-state index is 0.0449. The molecule has 1 amide bonds. The van der Waals surface area contributed by atoms with Crippen molar-refractivity contribution in [3.8, 4) is 0 Å². The van der Waals surface area contributed by atoms with Crippen LogP contribution in [0.25, 0.3) is 0 Å². The van der Waals surface area contributed by atoms with Crippen molar-refractivity contribution < 1.29 is 9.53 Å². The van der Waals surface area contributed by atoms with Crippen LogP contribution in [0.15, 0.2) is 17.5 Å². The van der Waals surface area contributed by atoms with Crippen LogP contribution in [0, 0.1) is 5.92 Å². The van der Waals surface area contributed by atoms with Crippen LogP contribution < -0.4 is 5.32 Å². The summed E-state index contributed by atoms with van der Waals surface area (Å²) in [6.45, 7) is 4.93. The van der Waals surface area contributed by atoms with E-state index in [1.807, 2.05) is 23.4 Å². The zero-order valence-electron chi connectivity index (χ0n) is 11.6. The highest BCUT2D eigenvalue weighted by Gasteiger charge is 2.35. The van der Waals surface area contributed by atoms with Crippen molar-refractivity contribution in [1.29, 1.82) is 0 Å². The number of nitrogens with one attached hydrogen (secondary N) is 1. The van der Waals surface area contributed by atoms with Crippen molar-refractivity contribution in [3.05, 3.63) is 22.4 Å². The number of hydrogen-bond acceptors (Lipinski definition) is 4. The van der Waals surface area contributed by atoms with E-state index >= 15 is 0 Å². The average molecular weight is 282 g/mol. The van der Waals surface area contributed by atoms with Gasteiger partial charge in [-0.25, -0.2) is 0 Å². The normalized spacial score (nSPS) is 22.6. The molecule has 0 bridgehead atoms. The molecule has 2 atom stereocenters. The molecule has 1 aliphatic heterocycles. The van der Waals surface area contributed by atoms with Crippen LogP contribution >= 0.6 is 11.3 Å². The van der Waals surface area contributed by atoms with Gasteiger partial charge in [0.15, 0.2) is 0 Å². The quantitative estimate of drug-likeness (QED) is 0.864. The van der Waals surface area contributed by atoms with E-state index in [1.54, 1.807) is 11.3 Å². The maximum Gasteiger partial charge on any atom is 0.229 e. The molecule has 0 aromatic carbocycles. The van der Waals surface area contributed by atoms with Gasteiger partial charge in [0.05, 0.1) is 25.7 Å². The number of hydrogen-bond donors (Lipinski definition) is 1. The number of ether oxygens (including phenoxy) is 1. The van der Waals surface area contributed by atoms with Crippen molar-refractivity contribution in [2.75, 3.05) is 26.8 Å². The van der Waals surface area contributed by atoms with E-state index in [4.69, 9.17) is 4.74 Å². The first-order chi connectivity index (χ1) is 9.22. The molecule has 1 aromatic rings. The lowest BCUT2D eigenvalue weighted by molar-refractivity contribution is -0.135. The fourth-order valence-corrected chi connectivity index (χ4v) is 3.08. The SMILES string of the molecule is CCCNC1COCC1C(=O)N(C)Cc1cccs1. The molecule has 106 valence electrons. The second-order valence-electron chi connectivity index (χ2n) is 4.98. The molecule has 1 saturated heterocycles. The third-order valence-electron chi connectivity index (χ3n) is 3.40. The molecule has 0 radical (unpaired) electrons. The highest BCUT2D eigenvalue weighted by Crippen LogP contribution is 2.18. The Bertz CT molecular complexity index is 394. The summed E-state index contributed by atoms with van der Waals surface area (Å²) >= 11 is 1.69. The Labute approximate surface area is 118 Å². The predicted octanol–water partition coefficient (Wildman–Crippen LogP) is 1.72. The van der Waals surface area contributed by atoms with Crippen LogP contribution in [0.4, 0.5) is 0 Å². The third-order valence-corrected chi connectivity index (χ3v) is 4.26. The molecule has 19 heavy (non-hydrogen) atoms. The van der Waals surface area contributed by atoms with E-state index in [1.165, 1.54) is 4.88 Å². The van der Waals surface area contributed by atoms with Gasteiger partial charge in [-0.2, -0.15) is 0 Å². The van der Waals surface area contributed by atoms with Crippen molar-refractivity contribution in [3.63, 3.8) is 0 Å². The Morgan fingerprint density at radius 1 is 1.58 bits per heavy atom. The third kappa shape index (κ3) is 3.78. The van der Waals surface area contributed by atoms with Crippen molar-refractivity contribution in [2.24, 2.45) is 5.92 Å². The van der Waals surface area contributed by atoms with Crippen LogP contribution in [0.3, 0.4) is 0 Å². The first kappa shape index (κ1) is 14.5. The topological polar surface area (TPSA) is 41.6 Å². The van der Waals surface area contributed by atoms with Gasteiger partial charge in [0.25, 0.3) is 0 Å². The predicted molar refractivity (Wildman–Crippen MR) is 77.2 cm³/mol. The van der Waals surface area contributed by atoms with Crippen LogP contribution in [-0.2, 0) is 16.1 Å². The summed E-state index contributed by atoms with van der Waals surface area (Å²) in [5.74, 6) is 0.135. The number of thiophene rings is 1. The Hall–Kier alpha value is -0.910. The fraction of sp³-hybridized carbons (Fsp3) is 0.643. The van der Waals surface area contributed by atoms with E-state index < -0.39 is 0 Å². The molecule has 1 fully saturated rings. The highest BCUT2D eigenvalue weighted by molar-refractivity contribution is 7.09. The first-order valence-electron chi connectivity index (χ1n) is 6.81. The molecule has 1 aromatic heterocycles. The number of carbonyl (C=O) groups excluding carboxylic acids is 1. The summed E-state index contributed by atoms with van der Waals surface area (Å²) in [4.78, 5) is 15.5. The number of amides is 1. The van der Waals surface area contributed by atoms with Gasteiger partial charge in [-0.15, -0.1) is 11.3 Å². The summed E-state index contributed by atoms with van der Waals surface area (Å²) in [6, 6.07) is 4.24. The molecule has 4 nitrogen and oxygen atoms in total. The summed E-state index contributed by atoms with van der Waals surface area (Å²) in [6.07, 6.45) is 1.07. The van der Waals surface area contributed by atoms with Crippen molar-refractivity contribution in [1.82, 2.24) is 10.2 Å². The van der Waals surface area contributed by atoms with E-state index in [-0.39, 0.29) is 17.9 Å². The molecule has 0 spiro atoms. The van der Waals surface area contributed by atoms with Crippen LogP contribution in [0.2, 0.25) is 0 Å². The molecule has 0 saturated carbocycles. The molecule has 2 heterocycles. The van der Waals surface area contributed by atoms with Gasteiger partial charge in [0.1, 0.15) is 0 Å². The van der Waals surface area contributed by atoms with Crippen LogP contribution in [-0.4, -0.2) is 43.7 Å². The highest BCUT2D eigenvalue weighted by atomic mass is 32.1. The van der Waals surface area contributed by atoms with E-state index in [0.29, 0.717) is 19.8 Å². The van der Waals surface area contributed by atoms with Crippen LogP contribution in [0.5, 0.6) is 0 Å². The second-order valence-corrected chi connectivity index (χ2v) is 6.01. The van der Waals surface area contributed by atoms with Gasteiger partial charge in [-0.05, 0) is 24.4 Å². The minimum Gasteiger partial charge on any atom is -0.379 e. The van der Waals surface area contributed by atoms with E-state index in [2.05, 4.69) is 18.3 Å². The zero-order chi connectivity index (χ0) is 13.7. The number of nitrogens with zero attached hydrogens (tertiary/aromatic N) is 1. The zero-order valence-corrected chi connectivity index (χ0v) is 12.4. The largest absolute Gasteiger partial charge is 0.379 e. The average Bonchev–Trinajstić information content (AvgIpc) is 3.06. The molecule has 1 N–H and O–H groups in total. The Morgan fingerprint density at radius 2 is 2.42 bits per heavy atom. The molecule has 1 aliphatic rings. The maximum atomic E-state index is 12.5. The lowest BCUT2D eigenvalue weighted by Crippen LogP contribution is -2.44. The Morgan fingerprint density at radius 3 is 3.11 bits per heavy atom. The molecule has 5 heteroatoms. The summed E-state index contributed by atoms with van der Waals surface area (Å²) < 4.78 is 5.47. The molecule has 2 rings (SSSR count). The number of rotatable bonds is 6. The summed E-state index contributed by atoms with van der Waals surface area (Å²) in [5.41, 5.74) is 0. The van der Waals surface area contributed by atoms with Gasteiger partial charge >= 0.3 is 0 Å². The lowest BCUT2D eigenvalue weighted by Gasteiger charge is -2.24. The fourth-order valence-electron chi connectivity index (χ4n) is 2.33. The van der Waals surface area contributed by atoms with Gasteiger partial charge < -0.3 is 15.0 Å². The standard InChI is InChI=1S/C14H22N2O2S/c1-3-6-15-13-10-18-9-12(13)14(17)16(2)8-11-5-4-7-19-11/h4-5,7,12-13,15H,3,6,8-10H2,1-2H3. The van der Waals surface area contributed by atoms with Gasteiger partial charge in [0, 0.05) is 18.0 Å². The lowest BCUT2D eigenvalue weighted by atomic mass is 10.0.